The third-order valence-electron chi connectivity index (χ3n) is 2.70. The minimum absolute atomic E-state index is 0.0596. The van der Waals surface area contributed by atoms with Gasteiger partial charge in [-0.2, -0.15) is 0 Å². The number of alkyl carbamates (subject to hydrolysis) is 1. The van der Waals surface area contributed by atoms with Crippen LogP contribution in [0.25, 0.3) is 0 Å². The van der Waals surface area contributed by atoms with E-state index >= 15 is 0 Å². The number of hydrogen-bond donors (Lipinski definition) is 1. The van der Waals surface area contributed by atoms with Crippen molar-refractivity contribution in [1.29, 1.82) is 0 Å². The Labute approximate surface area is 120 Å². The van der Waals surface area contributed by atoms with Gasteiger partial charge in [0.1, 0.15) is 5.60 Å². The molecule has 1 heterocycles. The predicted octanol–water partition coefficient (Wildman–Crippen LogP) is 2.13. The summed E-state index contributed by atoms with van der Waals surface area (Å²) >= 11 is 0. The van der Waals surface area contributed by atoms with E-state index in [1.807, 2.05) is 52.6 Å². The fraction of sp³-hybridized carbons (Fsp3) is 0.643. The molecule has 1 N–H and O–H groups in total. The standard InChI is InChI=1S/C14H24N4O2/c1-10-7-8-15-12(17-10)18(6)11(2)9-16-13(19)20-14(3,4)5/h7-8,11H,9H2,1-6H3,(H,16,19)/t11-/m1/s1. The lowest BCUT2D eigenvalue weighted by Gasteiger charge is -2.26. The Kier molecular flexibility index (Phi) is 5.30. The zero-order valence-electron chi connectivity index (χ0n) is 13.1. The molecule has 1 aromatic rings. The van der Waals surface area contributed by atoms with Crippen LogP contribution < -0.4 is 10.2 Å². The number of nitrogens with one attached hydrogen (secondary N) is 1. The summed E-state index contributed by atoms with van der Waals surface area (Å²) in [5.74, 6) is 0.642. The molecule has 0 saturated carbocycles. The molecule has 20 heavy (non-hydrogen) atoms. The molecule has 0 aromatic carbocycles. The van der Waals surface area contributed by atoms with Crippen LogP contribution in [0.5, 0.6) is 0 Å². The largest absolute Gasteiger partial charge is 0.444 e. The Morgan fingerprint density at radius 2 is 2.15 bits per heavy atom. The molecular formula is C14H24N4O2. The normalized spacial score (nSPS) is 12.7. The number of aromatic nitrogens is 2. The van der Waals surface area contributed by atoms with Crippen LogP contribution in [0.1, 0.15) is 33.4 Å². The van der Waals surface area contributed by atoms with Gasteiger partial charge in [-0.05, 0) is 40.7 Å². The van der Waals surface area contributed by atoms with E-state index in [1.165, 1.54) is 0 Å². The highest BCUT2D eigenvalue weighted by molar-refractivity contribution is 5.67. The van der Waals surface area contributed by atoms with Gasteiger partial charge in [-0.25, -0.2) is 14.8 Å². The van der Waals surface area contributed by atoms with Gasteiger partial charge in [0.2, 0.25) is 5.95 Å². The maximum absolute atomic E-state index is 11.6. The van der Waals surface area contributed by atoms with E-state index in [2.05, 4.69) is 15.3 Å². The van der Waals surface area contributed by atoms with E-state index in [4.69, 9.17) is 4.74 Å². The highest BCUT2D eigenvalue weighted by Gasteiger charge is 2.18. The van der Waals surface area contributed by atoms with Crippen LogP contribution in [0.4, 0.5) is 10.7 Å². The molecule has 1 rings (SSSR count). The topological polar surface area (TPSA) is 67.4 Å². The van der Waals surface area contributed by atoms with Crippen molar-refractivity contribution in [1.82, 2.24) is 15.3 Å². The molecule has 0 bridgehead atoms. The maximum Gasteiger partial charge on any atom is 0.407 e. The summed E-state index contributed by atoms with van der Waals surface area (Å²) in [6.45, 7) is 9.88. The Morgan fingerprint density at radius 1 is 1.50 bits per heavy atom. The summed E-state index contributed by atoms with van der Waals surface area (Å²) in [5, 5.41) is 2.75. The summed E-state index contributed by atoms with van der Waals surface area (Å²) in [7, 11) is 1.90. The second-order valence-corrected chi connectivity index (χ2v) is 5.84. The number of aryl methyl sites for hydroxylation is 1. The number of hydrogen-bond acceptors (Lipinski definition) is 5. The van der Waals surface area contributed by atoms with Gasteiger partial charge in [-0.3, -0.25) is 0 Å². The fourth-order valence-corrected chi connectivity index (χ4v) is 1.48. The quantitative estimate of drug-likeness (QED) is 0.915. The van der Waals surface area contributed by atoms with Crippen LogP contribution >= 0.6 is 0 Å². The Balaban J connectivity index is 2.50. The fourth-order valence-electron chi connectivity index (χ4n) is 1.48. The second-order valence-electron chi connectivity index (χ2n) is 5.84. The van der Waals surface area contributed by atoms with Gasteiger partial charge in [-0.1, -0.05) is 0 Å². The summed E-state index contributed by atoms with van der Waals surface area (Å²) < 4.78 is 5.19. The summed E-state index contributed by atoms with van der Waals surface area (Å²) in [6.07, 6.45) is 1.31. The van der Waals surface area contributed by atoms with Crippen LogP contribution in [0.3, 0.4) is 0 Å². The summed E-state index contributed by atoms with van der Waals surface area (Å²) in [4.78, 5) is 22.1. The smallest absolute Gasteiger partial charge is 0.407 e. The third kappa shape index (κ3) is 5.42. The van der Waals surface area contributed by atoms with Crippen molar-refractivity contribution in [2.24, 2.45) is 0 Å². The van der Waals surface area contributed by atoms with Crippen LogP contribution in [-0.2, 0) is 4.74 Å². The van der Waals surface area contributed by atoms with Gasteiger partial charge in [-0.15, -0.1) is 0 Å². The van der Waals surface area contributed by atoms with Crippen molar-refractivity contribution >= 4 is 12.0 Å². The molecule has 0 aliphatic heterocycles. The van der Waals surface area contributed by atoms with Crippen molar-refractivity contribution in [3.63, 3.8) is 0 Å². The first kappa shape index (κ1) is 16.2. The minimum atomic E-state index is -0.487. The lowest BCUT2D eigenvalue weighted by Crippen LogP contribution is -2.42. The highest BCUT2D eigenvalue weighted by atomic mass is 16.6. The van der Waals surface area contributed by atoms with E-state index in [0.29, 0.717) is 12.5 Å². The third-order valence-corrected chi connectivity index (χ3v) is 2.70. The zero-order valence-corrected chi connectivity index (χ0v) is 13.1. The van der Waals surface area contributed by atoms with Crippen molar-refractivity contribution in [2.75, 3.05) is 18.5 Å². The van der Waals surface area contributed by atoms with E-state index in [1.54, 1.807) is 6.20 Å². The van der Waals surface area contributed by atoms with Crippen molar-refractivity contribution in [3.05, 3.63) is 18.0 Å². The van der Waals surface area contributed by atoms with Gasteiger partial charge in [0.25, 0.3) is 0 Å². The van der Waals surface area contributed by atoms with Crippen LogP contribution in [0.15, 0.2) is 12.3 Å². The van der Waals surface area contributed by atoms with E-state index in [9.17, 15) is 4.79 Å². The number of carbonyl (C=O) groups is 1. The molecule has 0 fully saturated rings. The van der Waals surface area contributed by atoms with Crippen molar-refractivity contribution in [2.45, 2.75) is 46.3 Å². The Morgan fingerprint density at radius 3 is 2.70 bits per heavy atom. The molecule has 0 aliphatic carbocycles. The highest BCUT2D eigenvalue weighted by Crippen LogP contribution is 2.09. The van der Waals surface area contributed by atoms with Gasteiger partial charge < -0.3 is 15.0 Å². The van der Waals surface area contributed by atoms with Crippen LogP contribution in [-0.4, -0.2) is 41.3 Å². The predicted molar refractivity (Wildman–Crippen MR) is 78.9 cm³/mol. The maximum atomic E-state index is 11.6. The molecule has 0 aliphatic rings. The Bertz CT molecular complexity index is 457. The number of carbonyl (C=O) groups excluding carboxylic acids is 1. The summed E-state index contributed by atoms with van der Waals surface area (Å²) in [5.41, 5.74) is 0.424. The molecule has 1 aromatic heterocycles. The average molecular weight is 280 g/mol. The lowest BCUT2D eigenvalue weighted by molar-refractivity contribution is 0.0525. The van der Waals surface area contributed by atoms with Crippen LogP contribution in [0, 0.1) is 6.92 Å². The summed E-state index contributed by atoms with van der Waals surface area (Å²) in [6, 6.07) is 1.91. The first-order chi connectivity index (χ1) is 9.19. The molecule has 6 nitrogen and oxygen atoms in total. The lowest BCUT2D eigenvalue weighted by atomic mass is 10.2. The van der Waals surface area contributed by atoms with Crippen molar-refractivity contribution in [3.8, 4) is 0 Å². The van der Waals surface area contributed by atoms with Crippen molar-refractivity contribution < 1.29 is 9.53 Å². The molecule has 0 spiro atoms. The van der Waals surface area contributed by atoms with E-state index in [0.717, 1.165) is 5.69 Å². The van der Waals surface area contributed by atoms with Gasteiger partial charge in [0.15, 0.2) is 0 Å². The Hall–Kier alpha value is -1.85. The number of rotatable bonds is 4. The molecule has 0 radical (unpaired) electrons. The number of anilines is 1. The van der Waals surface area contributed by atoms with Crippen LogP contribution in [0.2, 0.25) is 0 Å². The number of ether oxygens (including phenoxy) is 1. The van der Waals surface area contributed by atoms with E-state index < -0.39 is 11.7 Å². The first-order valence-electron chi connectivity index (χ1n) is 6.68. The first-order valence-corrected chi connectivity index (χ1v) is 6.68. The molecule has 1 atom stereocenters. The minimum Gasteiger partial charge on any atom is -0.444 e. The molecule has 1 amide bonds. The molecular weight excluding hydrogens is 256 g/mol. The molecule has 112 valence electrons. The number of likely N-dealkylation sites (N-methyl/N-ethyl adjacent to an activating group) is 1. The molecule has 0 unspecified atom stereocenters. The molecule has 0 saturated heterocycles. The van der Waals surface area contributed by atoms with E-state index in [-0.39, 0.29) is 6.04 Å². The van der Waals surface area contributed by atoms with Gasteiger partial charge in [0, 0.05) is 31.5 Å². The number of amides is 1. The zero-order chi connectivity index (χ0) is 15.3. The second kappa shape index (κ2) is 6.54. The SMILES string of the molecule is Cc1ccnc(N(C)[C@H](C)CNC(=O)OC(C)(C)C)n1. The van der Waals surface area contributed by atoms with Gasteiger partial charge >= 0.3 is 6.09 Å². The average Bonchev–Trinajstić information content (AvgIpc) is 2.33. The molecule has 6 heteroatoms. The number of nitrogens with zero attached hydrogens (tertiary/aromatic N) is 3. The monoisotopic (exact) mass is 280 g/mol. The van der Waals surface area contributed by atoms with Gasteiger partial charge in [0.05, 0.1) is 0 Å².